The maximum Gasteiger partial charge on any atom is 0.408 e. The minimum atomic E-state index is -0.985. The highest BCUT2D eigenvalue weighted by atomic mass is 16.5. The van der Waals surface area contributed by atoms with E-state index in [1.807, 2.05) is 74.5 Å². The molecule has 2 aromatic carbocycles. The summed E-state index contributed by atoms with van der Waals surface area (Å²) in [6.45, 7) is 5.49. The van der Waals surface area contributed by atoms with Gasteiger partial charge in [-0.1, -0.05) is 74.5 Å². The third-order valence-corrected chi connectivity index (χ3v) is 3.61. The molecule has 150 valence electrons. The Morgan fingerprint density at radius 1 is 0.821 bits per heavy atom. The first-order valence-electron chi connectivity index (χ1n) is 9.22. The number of esters is 1. The van der Waals surface area contributed by atoms with Crippen LogP contribution in [0.1, 0.15) is 38.3 Å². The zero-order chi connectivity index (χ0) is 20.8. The highest BCUT2D eigenvalue weighted by molar-refractivity contribution is 5.89. The van der Waals surface area contributed by atoms with E-state index >= 15 is 0 Å². The lowest BCUT2D eigenvalue weighted by atomic mass is 10.1. The Hall–Kier alpha value is -3.15. The number of benzene rings is 2. The number of carbonyl (C=O) groups is 3. The molecule has 0 heterocycles. The summed E-state index contributed by atoms with van der Waals surface area (Å²) in [6, 6.07) is 17.4. The summed E-state index contributed by atoms with van der Waals surface area (Å²) in [5.41, 5.74) is 1.67. The van der Waals surface area contributed by atoms with Crippen molar-refractivity contribution in [2.75, 3.05) is 0 Å². The van der Waals surface area contributed by atoms with Crippen LogP contribution in [0.15, 0.2) is 60.7 Å². The van der Waals surface area contributed by atoms with Crippen LogP contribution in [0.4, 0.5) is 4.79 Å². The van der Waals surface area contributed by atoms with E-state index in [1.165, 1.54) is 6.92 Å². The predicted octanol–water partition coefficient (Wildman–Crippen LogP) is 4.03. The van der Waals surface area contributed by atoms with E-state index in [1.54, 1.807) is 0 Å². The second kappa shape index (κ2) is 13.1. The lowest BCUT2D eigenvalue weighted by Gasteiger charge is -2.15. The number of rotatable bonds is 8. The molecule has 0 saturated carbocycles. The van der Waals surface area contributed by atoms with Crippen LogP contribution in [0.25, 0.3) is 0 Å². The average Bonchev–Trinajstić information content (AvgIpc) is 2.73. The molecule has 0 aliphatic rings. The Labute approximate surface area is 165 Å². The van der Waals surface area contributed by atoms with Crippen LogP contribution < -0.4 is 5.32 Å². The van der Waals surface area contributed by atoms with Crippen molar-refractivity contribution in [2.45, 2.75) is 46.4 Å². The van der Waals surface area contributed by atoms with Crippen molar-refractivity contribution in [1.82, 2.24) is 5.32 Å². The van der Waals surface area contributed by atoms with Crippen LogP contribution in [0.5, 0.6) is 0 Å². The van der Waals surface area contributed by atoms with Crippen molar-refractivity contribution in [3.63, 3.8) is 0 Å². The summed E-state index contributed by atoms with van der Waals surface area (Å²) in [4.78, 5) is 35.5. The van der Waals surface area contributed by atoms with E-state index in [-0.39, 0.29) is 25.4 Å². The van der Waals surface area contributed by atoms with Gasteiger partial charge in [0.05, 0.1) is 6.42 Å². The SMILES string of the molecule is CC.CC(=O)[C@@H](CC(=O)OCc1ccccc1)NC(=O)OCc1ccccc1. The van der Waals surface area contributed by atoms with Gasteiger partial charge in [-0.25, -0.2) is 4.79 Å². The quantitative estimate of drug-likeness (QED) is 0.694. The second-order valence-corrected chi connectivity index (χ2v) is 5.72. The Morgan fingerprint density at radius 2 is 1.29 bits per heavy atom. The van der Waals surface area contributed by atoms with Gasteiger partial charge in [0.1, 0.15) is 19.3 Å². The van der Waals surface area contributed by atoms with Crippen LogP contribution in [0.2, 0.25) is 0 Å². The van der Waals surface area contributed by atoms with Crippen LogP contribution >= 0.6 is 0 Å². The van der Waals surface area contributed by atoms with Gasteiger partial charge in [0.2, 0.25) is 0 Å². The lowest BCUT2D eigenvalue weighted by molar-refractivity contribution is -0.146. The molecule has 0 spiro atoms. The largest absolute Gasteiger partial charge is 0.461 e. The molecule has 1 N–H and O–H groups in total. The van der Waals surface area contributed by atoms with Crippen molar-refractivity contribution in [1.29, 1.82) is 0 Å². The molecule has 1 amide bonds. The smallest absolute Gasteiger partial charge is 0.408 e. The van der Waals surface area contributed by atoms with Gasteiger partial charge in [-0.3, -0.25) is 9.59 Å². The molecule has 1 atom stereocenters. The summed E-state index contributed by atoms with van der Waals surface area (Å²) in [5, 5.41) is 2.40. The molecule has 2 aromatic rings. The highest BCUT2D eigenvalue weighted by Gasteiger charge is 2.22. The first-order valence-corrected chi connectivity index (χ1v) is 9.22. The van der Waals surface area contributed by atoms with E-state index in [4.69, 9.17) is 9.47 Å². The van der Waals surface area contributed by atoms with Crippen LogP contribution in [0, 0.1) is 0 Å². The van der Waals surface area contributed by atoms with Gasteiger partial charge in [-0.05, 0) is 18.1 Å². The van der Waals surface area contributed by atoms with Crippen molar-refractivity contribution < 1.29 is 23.9 Å². The van der Waals surface area contributed by atoms with E-state index in [0.717, 1.165) is 11.1 Å². The fourth-order valence-electron chi connectivity index (χ4n) is 2.17. The third kappa shape index (κ3) is 8.98. The summed E-state index contributed by atoms with van der Waals surface area (Å²) in [6.07, 6.45) is -1.01. The van der Waals surface area contributed by atoms with E-state index in [0.29, 0.717) is 0 Å². The molecule has 6 nitrogen and oxygen atoms in total. The molecule has 0 saturated heterocycles. The summed E-state index contributed by atoms with van der Waals surface area (Å²) >= 11 is 0. The molecule has 0 radical (unpaired) electrons. The fraction of sp³-hybridized carbons (Fsp3) is 0.318. The van der Waals surface area contributed by atoms with Gasteiger partial charge in [-0.15, -0.1) is 0 Å². The van der Waals surface area contributed by atoms with Crippen molar-refractivity contribution in [3.05, 3.63) is 71.8 Å². The third-order valence-electron chi connectivity index (χ3n) is 3.61. The van der Waals surface area contributed by atoms with Gasteiger partial charge < -0.3 is 14.8 Å². The Balaban J connectivity index is 0.00000190. The van der Waals surface area contributed by atoms with Gasteiger partial charge in [-0.2, -0.15) is 0 Å². The Kier molecular flexibility index (Phi) is 10.7. The van der Waals surface area contributed by atoms with Crippen molar-refractivity contribution in [2.24, 2.45) is 0 Å². The maximum absolute atomic E-state index is 11.9. The summed E-state index contributed by atoms with van der Waals surface area (Å²) in [7, 11) is 0. The molecule has 2 rings (SSSR count). The number of ether oxygens (including phenoxy) is 2. The van der Waals surface area contributed by atoms with Crippen molar-refractivity contribution >= 4 is 17.8 Å². The second-order valence-electron chi connectivity index (χ2n) is 5.72. The maximum atomic E-state index is 11.9. The number of Topliss-reactive ketones (excluding diaryl/α,β-unsaturated/α-hetero) is 1. The standard InChI is InChI=1S/C20H21NO5.C2H6/c1-15(22)18(12-19(23)25-13-16-8-4-2-5-9-16)21-20(24)26-14-17-10-6-3-7-11-17;1-2/h2-11,18H,12-14H2,1H3,(H,21,24);1-2H3/t18-;/m1./s1. The molecule has 0 unspecified atom stereocenters. The van der Waals surface area contributed by atoms with Gasteiger partial charge in [0.15, 0.2) is 5.78 Å². The molecular formula is C22H27NO5. The highest BCUT2D eigenvalue weighted by Crippen LogP contribution is 2.05. The molecule has 0 bridgehead atoms. The number of alkyl carbamates (subject to hydrolysis) is 1. The molecule has 6 heteroatoms. The van der Waals surface area contributed by atoms with Crippen LogP contribution in [-0.2, 0) is 32.3 Å². The van der Waals surface area contributed by atoms with E-state index < -0.39 is 18.1 Å². The molecule has 0 aromatic heterocycles. The number of hydrogen-bond donors (Lipinski definition) is 1. The number of nitrogens with one attached hydrogen (secondary N) is 1. The Morgan fingerprint density at radius 3 is 1.75 bits per heavy atom. The fourth-order valence-corrected chi connectivity index (χ4v) is 2.17. The van der Waals surface area contributed by atoms with E-state index in [9.17, 15) is 14.4 Å². The molecule has 28 heavy (non-hydrogen) atoms. The topological polar surface area (TPSA) is 81.7 Å². The zero-order valence-electron chi connectivity index (χ0n) is 16.5. The Bertz CT molecular complexity index is 674. The van der Waals surface area contributed by atoms with Crippen molar-refractivity contribution in [3.8, 4) is 0 Å². The number of hydrogen-bond acceptors (Lipinski definition) is 5. The zero-order valence-corrected chi connectivity index (χ0v) is 16.5. The van der Waals surface area contributed by atoms with E-state index in [2.05, 4.69) is 5.32 Å². The van der Waals surface area contributed by atoms with Crippen LogP contribution in [-0.4, -0.2) is 23.9 Å². The first kappa shape index (κ1) is 22.9. The molecule has 0 aliphatic carbocycles. The molecule has 0 fully saturated rings. The average molecular weight is 385 g/mol. The predicted molar refractivity (Wildman–Crippen MR) is 106 cm³/mol. The van der Waals surface area contributed by atoms with Gasteiger partial charge in [0.25, 0.3) is 0 Å². The van der Waals surface area contributed by atoms with Gasteiger partial charge in [0, 0.05) is 0 Å². The molecular weight excluding hydrogens is 358 g/mol. The summed E-state index contributed by atoms with van der Waals surface area (Å²) < 4.78 is 10.2. The minimum Gasteiger partial charge on any atom is -0.461 e. The number of carbonyl (C=O) groups excluding carboxylic acids is 3. The van der Waals surface area contributed by atoms with Crippen LogP contribution in [0.3, 0.4) is 0 Å². The van der Waals surface area contributed by atoms with Gasteiger partial charge >= 0.3 is 12.1 Å². The monoisotopic (exact) mass is 385 g/mol. The molecule has 0 aliphatic heterocycles. The number of amides is 1. The normalized spacial score (nSPS) is 10.7. The lowest BCUT2D eigenvalue weighted by Crippen LogP contribution is -2.41. The summed E-state index contributed by atoms with van der Waals surface area (Å²) in [5.74, 6) is -0.921. The minimum absolute atomic E-state index is 0.0791. The number of ketones is 1. The first-order chi connectivity index (χ1) is 13.5.